The molecule has 22 heavy (non-hydrogen) atoms. The molecular weight excluding hydrogens is 290 g/mol. The lowest BCUT2D eigenvalue weighted by atomic mass is 9.96. The molecule has 1 aliphatic heterocycles. The van der Waals surface area contributed by atoms with E-state index in [1.54, 1.807) is 0 Å². The zero-order valence-electron chi connectivity index (χ0n) is 12.7. The Kier molecular flexibility index (Phi) is 5.85. The summed E-state index contributed by atoms with van der Waals surface area (Å²) in [7, 11) is 0. The van der Waals surface area contributed by atoms with Gasteiger partial charge in [0, 0.05) is 12.1 Å². The second-order valence-electron chi connectivity index (χ2n) is 5.68. The van der Waals surface area contributed by atoms with Crippen LogP contribution < -0.4 is 5.32 Å². The molecule has 2 N–H and O–H groups in total. The third-order valence-corrected chi connectivity index (χ3v) is 4.08. The second-order valence-corrected chi connectivity index (χ2v) is 5.68. The largest absolute Gasteiger partial charge is 0.392 e. The first-order valence-electron chi connectivity index (χ1n) is 7.68. The molecule has 4 nitrogen and oxygen atoms in total. The fourth-order valence-corrected chi connectivity index (χ4v) is 2.89. The molecule has 1 aromatic carbocycles. The molecule has 2 rings (SSSR count). The highest BCUT2D eigenvalue weighted by Gasteiger charge is 2.29. The summed E-state index contributed by atoms with van der Waals surface area (Å²) in [6, 6.07) is 2.89. The van der Waals surface area contributed by atoms with Crippen LogP contribution in [0.25, 0.3) is 0 Å². The Bertz CT molecular complexity index is 525. The molecule has 0 bridgehead atoms. The number of carbonyl (C=O) groups is 1. The standard InChI is InChI=1S/C16H22F2N2O2/c1-2-15(21)14-5-3-4-8-20(14)10-16(22)19-13-9-11(17)6-7-12(13)18/h6-7,9,14-15,21H,2-5,8,10H2,1H3,(H,19,22). The zero-order valence-corrected chi connectivity index (χ0v) is 12.7. The zero-order chi connectivity index (χ0) is 16.1. The van der Waals surface area contributed by atoms with Crippen LogP contribution in [-0.2, 0) is 4.79 Å². The number of amides is 1. The van der Waals surface area contributed by atoms with Crippen LogP contribution in [0.4, 0.5) is 14.5 Å². The molecule has 0 aliphatic carbocycles. The van der Waals surface area contributed by atoms with Crippen molar-refractivity contribution in [3.8, 4) is 0 Å². The van der Waals surface area contributed by atoms with E-state index in [0.29, 0.717) is 6.42 Å². The minimum absolute atomic E-state index is 0.0538. The van der Waals surface area contributed by atoms with E-state index in [1.807, 2.05) is 11.8 Å². The van der Waals surface area contributed by atoms with Crippen molar-refractivity contribution >= 4 is 11.6 Å². The molecule has 6 heteroatoms. The molecule has 1 saturated heterocycles. The molecular formula is C16H22F2N2O2. The minimum atomic E-state index is -0.668. The summed E-state index contributed by atoms with van der Waals surface area (Å²) >= 11 is 0. The lowest BCUT2D eigenvalue weighted by Crippen LogP contribution is -2.49. The van der Waals surface area contributed by atoms with Gasteiger partial charge in [0.05, 0.1) is 18.3 Å². The van der Waals surface area contributed by atoms with Gasteiger partial charge < -0.3 is 10.4 Å². The van der Waals surface area contributed by atoms with Crippen LogP contribution >= 0.6 is 0 Å². The summed E-state index contributed by atoms with van der Waals surface area (Å²) in [5.74, 6) is -1.67. The molecule has 1 heterocycles. The summed E-state index contributed by atoms with van der Waals surface area (Å²) in [4.78, 5) is 14.0. The molecule has 0 saturated carbocycles. The lowest BCUT2D eigenvalue weighted by Gasteiger charge is -2.37. The molecule has 122 valence electrons. The van der Waals surface area contributed by atoms with Crippen molar-refractivity contribution in [2.24, 2.45) is 0 Å². The number of piperidine rings is 1. The van der Waals surface area contributed by atoms with Crippen LogP contribution in [-0.4, -0.2) is 41.1 Å². The molecule has 0 radical (unpaired) electrons. The number of carbonyl (C=O) groups excluding carboxylic acids is 1. The number of aliphatic hydroxyl groups excluding tert-OH is 1. The molecule has 1 aromatic rings. The number of rotatable bonds is 5. The van der Waals surface area contributed by atoms with Crippen molar-refractivity contribution < 1.29 is 18.7 Å². The smallest absolute Gasteiger partial charge is 0.238 e. The van der Waals surface area contributed by atoms with Crippen molar-refractivity contribution in [3.63, 3.8) is 0 Å². The molecule has 2 unspecified atom stereocenters. The number of aliphatic hydroxyl groups is 1. The molecule has 1 fully saturated rings. The average Bonchev–Trinajstić information content (AvgIpc) is 2.50. The predicted molar refractivity (Wildman–Crippen MR) is 80.5 cm³/mol. The molecule has 1 amide bonds. The van der Waals surface area contributed by atoms with Crippen molar-refractivity contribution in [2.45, 2.75) is 44.8 Å². The van der Waals surface area contributed by atoms with E-state index in [9.17, 15) is 18.7 Å². The van der Waals surface area contributed by atoms with Gasteiger partial charge in [-0.05, 0) is 37.9 Å². The summed E-state index contributed by atoms with van der Waals surface area (Å²) < 4.78 is 26.6. The maximum atomic E-state index is 13.5. The number of hydrogen-bond donors (Lipinski definition) is 2. The SMILES string of the molecule is CCC(O)C1CCCCN1CC(=O)Nc1cc(F)ccc1F. The van der Waals surface area contributed by atoms with Crippen LogP contribution in [0.1, 0.15) is 32.6 Å². The Morgan fingerprint density at radius 2 is 2.23 bits per heavy atom. The highest BCUT2D eigenvalue weighted by molar-refractivity contribution is 5.92. The maximum Gasteiger partial charge on any atom is 0.238 e. The van der Waals surface area contributed by atoms with Gasteiger partial charge in [0.2, 0.25) is 5.91 Å². The second kappa shape index (κ2) is 7.65. The normalized spacial score (nSPS) is 20.6. The third-order valence-electron chi connectivity index (χ3n) is 4.08. The van der Waals surface area contributed by atoms with Gasteiger partial charge in [0.1, 0.15) is 11.6 Å². The van der Waals surface area contributed by atoms with E-state index >= 15 is 0 Å². The van der Waals surface area contributed by atoms with Crippen molar-refractivity contribution in [1.82, 2.24) is 4.90 Å². The highest BCUT2D eigenvalue weighted by Crippen LogP contribution is 2.21. The summed E-state index contributed by atoms with van der Waals surface area (Å²) in [5.41, 5.74) is -0.158. The number of nitrogens with one attached hydrogen (secondary N) is 1. The van der Waals surface area contributed by atoms with Crippen LogP contribution in [0.2, 0.25) is 0 Å². The highest BCUT2D eigenvalue weighted by atomic mass is 19.1. The van der Waals surface area contributed by atoms with Gasteiger partial charge in [0.25, 0.3) is 0 Å². The van der Waals surface area contributed by atoms with E-state index in [-0.39, 0.29) is 18.3 Å². The Balaban J connectivity index is 1.99. The van der Waals surface area contributed by atoms with Gasteiger partial charge in [0.15, 0.2) is 0 Å². The van der Waals surface area contributed by atoms with E-state index in [2.05, 4.69) is 5.32 Å². The van der Waals surface area contributed by atoms with Crippen LogP contribution in [0.15, 0.2) is 18.2 Å². The number of nitrogens with zero attached hydrogens (tertiary/aromatic N) is 1. The van der Waals surface area contributed by atoms with E-state index in [0.717, 1.165) is 44.0 Å². The summed E-state index contributed by atoms with van der Waals surface area (Å²) in [6.07, 6.45) is 2.99. The number of hydrogen-bond acceptors (Lipinski definition) is 3. The molecule has 1 aliphatic rings. The van der Waals surface area contributed by atoms with Crippen LogP contribution in [0, 0.1) is 11.6 Å². The Labute approximate surface area is 129 Å². The van der Waals surface area contributed by atoms with Gasteiger partial charge in [-0.3, -0.25) is 9.69 Å². The van der Waals surface area contributed by atoms with E-state index < -0.39 is 23.6 Å². The van der Waals surface area contributed by atoms with Crippen molar-refractivity contribution in [1.29, 1.82) is 0 Å². The minimum Gasteiger partial charge on any atom is -0.392 e. The van der Waals surface area contributed by atoms with Crippen molar-refractivity contribution in [2.75, 3.05) is 18.4 Å². The molecule has 2 atom stereocenters. The number of halogens is 2. The monoisotopic (exact) mass is 312 g/mol. The van der Waals surface area contributed by atoms with Crippen LogP contribution in [0.3, 0.4) is 0 Å². The fourth-order valence-electron chi connectivity index (χ4n) is 2.89. The quantitative estimate of drug-likeness (QED) is 0.878. The average molecular weight is 312 g/mol. The van der Waals surface area contributed by atoms with Gasteiger partial charge >= 0.3 is 0 Å². The van der Waals surface area contributed by atoms with Crippen LogP contribution in [0.5, 0.6) is 0 Å². The first-order valence-corrected chi connectivity index (χ1v) is 7.68. The lowest BCUT2D eigenvalue weighted by molar-refractivity contribution is -0.119. The first kappa shape index (κ1) is 16.8. The molecule has 0 aromatic heterocycles. The Morgan fingerprint density at radius 3 is 2.95 bits per heavy atom. The molecule has 0 spiro atoms. The topological polar surface area (TPSA) is 52.6 Å². The van der Waals surface area contributed by atoms with Crippen molar-refractivity contribution in [3.05, 3.63) is 29.8 Å². The number of likely N-dealkylation sites (tertiary alicyclic amines) is 1. The fraction of sp³-hybridized carbons (Fsp3) is 0.562. The maximum absolute atomic E-state index is 13.5. The van der Waals surface area contributed by atoms with Gasteiger partial charge in [-0.25, -0.2) is 8.78 Å². The first-order chi connectivity index (χ1) is 10.5. The van der Waals surface area contributed by atoms with Gasteiger partial charge in [-0.15, -0.1) is 0 Å². The predicted octanol–water partition coefficient (Wildman–Crippen LogP) is 2.53. The van der Waals surface area contributed by atoms with Gasteiger partial charge in [-0.1, -0.05) is 13.3 Å². The number of benzene rings is 1. The van der Waals surface area contributed by atoms with E-state index in [4.69, 9.17) is 0 Å². The van der Waals surface area contributed by atoms with Gasteiger partial charge in [-0.2, -0.15) is 0 Å². The Morgan fingerprint density at radius 1 is 1.45 bits per heavy atom. The summed E-state index contributed by atoms with van der Waals surface area (Å²) in [6.45, 7) is 2.69. The van der Waals surface area contributed by atoms with E-state index in [1.165, 1.54) is 0 Å². The Hall–Kier alpha value is -1.53. The third kappa shape index (κ3) is 4.24. The summed E-state index contributed by atoms with van der Waals surface area (Å²) in [5, 5.41) is 12.5. The number of anilines is 1.